The smallest absolute Gasteiger partial charge is 0.341 e. The van der Waals surface area contributed by atoms with Gasteiger partial charge in [0, 0.05) is 12.5 Å². The van der Waals surface area contributed by atoms with Gasteiger partial charge in [-0.3, -0.25) is 14.9 Å². The lowest BCUT2D eigenvalue weighted by molar-refractivity contribution is -0.387. The number of hydrogen-bond acceptors (Lipinski definition) is 7. The first-order valence-corrected chi connectivity index (χ1v) is 9.91. The van der Waals surface area contributed by atoms with Crippen LogP contribution in [0.4, 0.5) is 10.1 Å². The summed E-state index contributed by atoms with van der Waals surface area (Å²) < 4.78 is 42.9. The molecule has 0 spiro atoms. The van der Waals surface area contributed by atoms with Gasteiger partial charge in [0.2, 0.25) is 5.82 Å². The molecule has 2 atom stereocenters. The third kappa shape index (κ3) is 3.01. The van der Waals surface area contributed by atoms with E-state index in [-0.39, 0.29) is 11.7 Å². The van der Waals surface area contributed by atoms with Crippen molar-refractivity contribution in [3.8, 4) is 0 Å². The molecule has 0 aliphatic heterocycles. The van der Waals surface area contributed by atoms with Crippen molar-refractivity contribution in [1.29, 1.82) is 0 Å². The molecule has 2 aliphatic rings. The summed E-state index contributed by atoms with van der Waals surface area (Å²) in [5, 5.41) is 10.8. The molecule has 0 radical (unpaired) electrons. The zero-order valence-corrected chi connectivity index (χ0v) is 15.5. The van der Waals surface area contributed by atoms with Gasteiger partial charge in [-0.2, -0.15) is 12.8 Å². The molecule has 8 nitrogen and oxygen atoms in total. The molecule has 2 bridgehead atoms. The third-order valence-corrected chi connectivity index (χ3v) is 7.40. The minimum atomic E-state index is -4.44. The Morgan fingerprint density at radius 1 is 1.41 bits per heavy atom. The van der Waals surface area contributed by atoms with Crippen molar-refractivity contribution in [3.05, 3.63) is 39.7 Å². The Hall–Kier alpha value is -2.36. The van der Waals surface area contributed by atoms with Crippen LogP contribution < -0.4 is 0 Å². The molecule has 0 amide bonds. The van der Waals surface area contributed by atoms with Crippen molar-refractivity contribution in [3.63, 3.8) is 0 Å². The third-order valence-electron chi connectivity index (χ3n) is 6.14. The molecule has 0 N–H and O–H groups in total. The minimum Gasteiger partial charge on any atom is -0.341 e. The fourth-order valence-corrected chi connectivity index (χ4v) is 6.05. The number of carbonyl (C=O) groups excluding carboxylic acids is 2. The number of carbonyl (C=O) groups is 2. The Labute approximate surface area is 155 Å². The van der Waals surface area contributed by atoms with E-state index >= 15 is 0 Å². The number of nitrogens with zero attached hydrogens (tertiary/aromatic N) is 1. The summed E-state index contributed by atoms with van der Waals surface area (Å²) in [5.74, 6) is -3.20. The number of nitro benzene ring substituents is 1. The number of rotatable bonds is 5. The normalized spacial score (nSPS) is 26.2. The average Bonchev–Trinajstić information content (AvgIpc) is 2.88. The van der Waals surface area contributed by atoms with Gasteiger partial charge < -0.3 is 4.18 Å². The molecular formula is C17H18FNO7S. The molecule has 2 fully saturated rings. The number of nitro groups is 1. The van der Waals surface area contributed by atoms with Crippen LogP contribution in [0.5, 0.6) is 0 Å². The van der Waals surface area contributed by atoms with Crippen molar-refractivity contribution >= 4 is 27.6 Å². The molecule has 27 heavy (non-hydrogen) atoms. The van der Waals surface area contributed by atoms with Gasteiger partial charge in [-0.25, -0.2) is 4.79 Å². The summed E-state index contributed by atoms with van der Waals surface area (Å²) in [6.07, 6.45) is 1.44. The molecular weight excluding hydrogens is 381 g/mol. The van der Waals surface area contributed by atoms with Gasteiger partial charge in [0.1, 0.15) is 5.78 Å². The molecule has 0 heterocycles. The highest BCUT2D eigenvalue weighted by molar-refractivity contribution is 7.87. The maximum atomic E-state index is 13.4. The standard InChI is InChI=1S/C17H18FNO7S/c1-16(2)11-5-6-17(16,14(20)8-11)9-27(24,25)26-15(21)10-3-4-12(18)13(7-10)19(22)23/h3-4,7,11H,5-6,8-9H2,1-2H3. The van der Waals surface area contributed by atoms with E-state index < -0.39 is 54.7 Å². The molecule has 2 saturated carbocycles. The lowest BCUT2D eigenvalue weighted by Crippen LogP contribution is -2.42. The van der Waals surface area contributed by atoms with Gasteiger partial charge in [0.15, 0.2) is 0 Å². The van der Waals surface area contributed by atoms with Crippen LogP contribution in [0.25, 0.3) is 0 Å². The first-order valence-electron chi connectivity index (χ1n) is 8.33. The van der Waals surface area contributed by atoms with Gasteiger partial charge in [-0.1, -0.05) is 13.8 Å². The summed E-state index contributed by atoms with van der Waals surface area (Å²) in [4.78, 5) is 34.3. The number of hydrogen-bond donors (Lipinski definition) is 0. The molecule has 146 valence electrons. The molecule has 3 rings (SSSR count). The number of halogens is 1. The van der Waals surface area contributed by atoms with E-state index in [0.717, 1.165) is 12.5 Å². The van der Waals surface area contributed by atoms with Crippen LogP contribution in [-0.4, -0.2) is 30.8 Å². The molecule has 2 unspecified atom stereocenters. The second-order valence-corrected chi connectivity index (χ2v) is 9.23. The van der Waals surface area contributed by atoms with E-state index in [0.29, 0.717) is 25.0 Å². The van der Waals surface area contributed by atoms with Crippen LogP contribution in [0.15, 0.2) is 18.2 Å². The van der Waals surface area contributed by atoms with Crippen molar-refractivity contribution in [2.45, 2.75) is 33.1 Å². The zero-order valence-electron chi connectivity index (χ0n) is 14.7. The van der Waals surface area contributed by atoms with Crippen LogP contribution in [0.1, 0.15) is 43.5 Å². The Morgan fingerprint density at radius 2 is 2.07 bits per heavy atom. The van der Waals surface area contributed by atoms with E-state index in [1.807, 2.05) is 13.8 Å². The van der Waals surface area contributed by atoms with Crippen LogP contribution in [0.3, 0.4) is 0 Å². The highest BCUT2D eigenvalue weighted by Gasteiger charge is 2.65. The highest BCUT2D eigenvalue weighted by Crippen LogP contribution is 2.64. The van der Waals surface area contributed by atoms with E-state index in [2.05, 4.69) is 4.18 Å². The van der Waals surface area contributed by atoms with Crippen molar-refractivity contribution < 1.29 is 31.5 Å². The second kappa shape index (κ2) is 6.08. The predicted octanol–water partition coefficient (Wildman–Crippen LogP) is 2.62. The maximum absolute atomic E-state index is 13.4. The Morgan fingerprint density at radius 3 is 2.59 bits per heavy atom. The van der Waals surface area contributed by atoms with Crippen molar-refractivity contribution in [2.24, 2.45) is 16.7 Å². The first kappa shape index (κ1) is 19.4. The highest BCUT2D eigenvalue weighted by atomic mass is 32.2. The topological polar surface area (TPSA) is 121 Å². The van der Waals surface area contributed by atoms with Crippen molar-refractivity contribution in [2.75, 3.05) is 5.75 Å². The van der Waals surface area contributed by atoms with E-state index in [4.69, 9.17) is 0 Å². The zero-order chi connectivity index (χ0) is 20.2. The second-order valence-electron chi connectivity index (χ2n) is 7.66. The Balaban J connectivity index is 1.83. The summed E-state index contributed by atoms with van der Waals surface area (Å²) >= 11 is 0. The van der Waals surface area contributed by atoms with Crippen LogP contribution >= 0.6 is 0 Å². The monoisotopic (exact) mass is 399 g/mol. The maximum Gasteiger partial charge on any atom is 0.354 e. The van der Waals surface area contributed by atoms with Gasteiger partial charge in [-0.05, 0) is 36.3 Å². The van der Waals surface area contributed by atoms with Gasteiger partial charge in [-0.15, -0.1) is 0 Å². The summed E-state index contributed by atoms with van der Waals surface area (Å²) in [5.41, 5.74) is -3.07. The van der Waals surface area contributed by atoms with E-state index in [1.54, 1.807) is 0 Å². The van der Waals surface area contributed by atoms with Gasteiger partial charge in [0.25, 0.3) is 0 Å². The average molecular weight is 399 g/mol. The Bertz CT molecular complexity index is 956. The molecule has 2 aliphatic carbocycles. The SMILES string of the molecule is CC1(C)C2CCC1(CS(=O)(=O)OC(=O)c1ccc(F)c([N+](=O)[O-])c1)C(=O)C2. The van der Waals surface area contributed by atoms with Crippen LogP contribution in [-0.2, 0) is 19.1 Å². The molecule has 0 saturated heterocycles. The lowest BCUT2D eigenvalue weighted by Gasteiger charge is -2.35. The summed E-state index contributed by atoms with van der Waals surface area (Å²) in [6, 6.07) is 2.20. The number of fused-ring (bicyclic) bond motifs is 2. The molecule has 10 heteroatoms. The number of ketones is 1. The van der Waals surface area contributed by atoms with E-state index in [9.17, 15) is 32.5 Å². The molecule has 1 aromatic rings. The van der Waals surface area contributed by atoms with Crippen LogP contribution in [0.2, 0.25) is 0 Å². The quantitative estimate of drug-likeness (QED) is 0.424. The molecule has 0 aromatic heterocycles. The lowest BCUT2D eigenvalue weighted by atomic mass is 9.70. The summed E-state index contributed by atoms with van der Waals surface area (Å²) in [7, 11) is -4.44. The number of Topliss-reactive ketones (excluding diaryl/α,β-unsaturated/α-hetero) is 1. The predicted molar refractivity (Wildman–Crippen MR) is 90.8 cm³/mol. The largest absolute Gasteiger partial charge is 0.354 e. The van der Waals surface area contributed by atoms with Gasteiger partial charge in [0.05, 0.1) is 21.7 Å². The number of benzene rings is 1. The van der Waals surface area contributed by atoms with Gasteiger partial charge >= 0.3 is 21.8 Å². The summed E-state index contributed by atoms with van der Waals surface area (Å²) in [6.45, 7) is 3.69. The fourth-order valence-electron chi connectivity index (χ4n) is 4.38. The van der Waals surface area contributed by atoms with Crippen molar-refractivity contribution in [1.82, 2.24) is 0 Å². The Kier molecular flexibility index (Phi) is 4.37. The van der Waals surface area contributed by atoms with E-state index in [1.165, 1.54) is 0 Å². The minimum absolute atomic E-state index is 0.0932. The first-order chi connectivity index (χ1) is 12.4. The van der Waals surface area contributed by atoms with Crippen LogP contribution in [0, 0.1) is 32.7 Å². The fraction of sp³-hybridized carbons (Fsp3) is 0.529. The molecule has 1 aromatic carbocycles.